The summed E-state index contributed by atoms with van der Waals surface area (Å²) < 4.78 is 15.1. The van der Waals surface area contributed by atoms with Crippen LogP contribution in [0.1, 0.15) is 25.1 Å². The summed E-state index contributed by atoms with van der Waals surface area (Å²) in [6.45, 7) is 5.15. The first-order chi connectivity index (χ1) is 15.3. The van der Waals surface area contributed by atoms with Crippen LogP contribution in [0.3, 0.4) is 0 Å². The Bertz CT molecular complexity index is 1080. The summed E-state index contributed by atoms with van der Waals surface area (Å²) in [5.74, 6) is -3.51. The number of aryl methyl sites for hydroxylation is 1. The number of methoxy groups -OCH3 is 2. The lowest BCUT2D eigenvalue weighted by molar-refractivity contribution is -0.152. The van der Waals surface area contributed by atoms with Crippen molar-refractivity contribution in [2.24, 2.45) is 5.92 Å². The Kier molecular flexibility index (Phi) is 7.09. The maximum atomic E-state index is 13.1. The molecule has 1 aromatic carbocycles. The van der Waals surface area contributed by atoms with Crippen LogP contribution in [0.25, 0.3) is 10.6 Å². The quantitative estimate of drug-likeness (QED) is 0.522. The van der Waals surface area contributed by atoms with E-state index in [-0.39, 0.29) is 17.8 Å². The molecule has 1 aromatic heterocycles. The lowest BCUT2D eigenvalue weighted by Crippen LogP contribution is -2.37. The largest absolute Gasteiger partial charge is 0.466 e. The van der Waals surface area contributed by atoms with Crippen molar-refractivity contribution in [1.82, 2.24) is 10.3 Å². The van der Waals surface area contributed by atoms with Gasteiger partial charge in [-0.15, -0.1) is 11.3 Å². The zero-order valence-electron chi connectivity index (χ0n) is 18.5. The van der Waals surface area contributed by atoms with E-state index in [9.17, 15) is 14.4 Å². The predicted octanol–water partition coefficient (Wildman–Crippen LogP) is 3.28. The highest BCUT2D eigenvalue weighted by Crippen LogP contribution is 2.33. The Morgan fingerprint density at radius 2 is 1.53 bits per heavy atom. The number of nitrogens with zero attached hydrogens (tertiary/aromatic N) is 1. The minimum atomic E-state index is -1.27. The number of rotatable bonds is 6. The first-order valence-corrected chi connectivity index (χ1v) is 10.7. The van der Waals surface area contributed by atoms with E-state index in [2.05, 4.69) is 10.3 Å². The molecule has 9 heteroatoms. The fourth-order valence-electron chi connectivity index (χ4n) is 3.42. The molecule has 0 bridgehead atoms. The summed E-state index contributed by atoms with van der Waals surface area (Å²) in [6, 6.07) is 7.95. The van der Waals surface area contributed by atoms with Crippen LogP contribution in [-0.4, -0.2) is 37.1 Å². The molecule has 0 saturated heterocycles. The summed E-state index contributed by atoms with van der Waals surface area (Å²) >= 11 is 1.44. The van der Waals surface area contributed by atoms with E-state index in [1.54, 1.807) is 19.2 Å². The van der Waals surface area contributed by atoms with Gasteiger partial charge in [0.1, 0.15) is 17.5 Å². The van der Waals surface area contributed by atoms with Crippen molar-refractivity contribution in [1.29, 1.82) is 0 Å². The molecule has 0 aliphatic carbocycles. The highest BCUT2D eigenvalue weighted by molar-refractivity contribution is 7.13. The van der Waals surface area contributed by atoms with Crippen molar-refractivity contribution in [3.63, 3.8) is 0 Å². The van der Waals surface area contributed by atoms with E-state index >= 15 is 0 Å². The zero-order valence-corrected chi connectivity index (χ0v) is 19.3. The number of dihydropyridines is 1. The van der Waals surface area contributed by atoms with Crippen molar-refractivity contribution in [2.75, 3.05) is 14.2 Å². The molecular formula is C23H24N2O6S. The average Bonchev–Trinajstić information content (AvgIpc) is 3.25. The van der Waals surface area contributed by atoms with E-state index in [0.717, 1.165) is 16.1 Å². The Labute approximate surface area is 189 Å². The zero-order chi connectivity index (χ0) is 23.4. The van der Waals surface area contributed by atoms with Gasteiger partial charge in [-0.1, -0.05) is 29.8 Å². The number of esters is 3. The Balaban J connectivity index is 1.83. The number of nitrogens with one attached hydrogen (secondary N) is 1. The molecule has 0 fully saturated rings. The molecule has 0 unspecified atom stereocenters. The maximum Gasteiger partial charge on any atom is 0.336 e. The Morgan fingerprint density at radius 3 is 2.06 bits per heavy atom. The van der Waals surface area contributed by atoms with Crippen molar-refractivity contribution in [3.05, 3.63) is 63.4 Å². The van der Waals surface area contributed by atoms with E-state index < -0.39 is 23.8 Å². The van der Waals surface area contributed by atoms with Crippen molar-refractivity contribution >= 4 is 29.2 Å². The molecule has 8 nitrogen and oxygen atoms in total. The van der Waals surface area contributed by atoms with Gasteiger partial charge in [0.15, 0.2) is 0 Å². The molecule has 0 saturated carbocycles. The van der Waals surface area contributed by atoms with Gasteiger partial charge in [0.2, 0.25) is 0 Å². The van der Waals surface area contributed by atoms with E-state index in [1.807, 2.05) is 31.2 Å². The van der Waals surface area contributed by atoms with Crippen LogP contribution in [0.4, 0.5) is 0 Å². The number of carbonyl (C=O) groups is 3. The van der Waals surface area contributed by atoms with Crippen LogP contribution in [-0.2, 0) is 35.2 Å². The van der Waals surface area contributed by atoms with Gasteiger partial charge >= 0.3 is 17.9 Å². The smallest absolute Gasteiger partial charge is 0.336 e. The molecule has 1 N–H and O–H groups in total. The summed E-state index contributed by atoms with van der Waals surface area (Å²) in [7, 11) is 2.41. The fourth-order valence-corrected chi connectivity index (χ4v) is 4.23. The van der Waals surface area contributed by atoms with Crippen LogP contribution in [0.5, 0.6) is 0 Å². The first kappa shape index (κ1) is 23.2. The number of benzene rings is 1. The van der Waals surface area contributed by atoms with Gasteiger partial charge in [-0.05, 0) is 20.8 Å². The number of allylic oxidation sites excluding steroid dienone is 2. The van der Waals surface area contributed by atoms with E-state index in [4.69, 9.17) is 14.2 Å². The van der Waals surface area contributed by atoms with Crippen molar-refractivity contribution in [3.8, 4) is 10.6 Å². The van der Waals surface area contributed by atoms with Crippen molar-refractivity contribution < 1.29 is 28.6 Å². The normalized spacial score (nSPS) is 14.2. The van der Waals surface area contributed by atoms with Crippen LogP contribution in [0, 0.1) is 12.8 Å². The summed E-state index contributed by atoms with van der Waals surface area (Å²) in [6.07, 6.45) is 0. The Hall–Kier alpha value is -3.46. The lowest BCUT2D eigenvalue weighted by Gasteiger charge is -2.28. The van der Waals surface area contributed by atoms with Gasteiger partial charge in [0.25, 0.3) is 0 Å². The topological polar surface area (TPSA) is 104 Å². The van der Waals surface area contributed by atoms with Crippen LogP contribution >= 0.6 is 11.3 Å². The molecule has 0 atom stereocenters. The predicted molar refractivity (Wildman–Crippen MR) is 118 cm³/mol. The highest BCUT2D eigenvalue weighted by atomic mass is 32.1. The van der Waals surface area contributed by atoms with Crippen LogP contribution < -0.4 is 5.32 Å². The first-order valence-electron chi connectivity index (χ1n) is 9.80. The van der Waals surface area contributed by atoms with Gasteiger partial charge in [-0.2, -0.15) is 0 Å². The summed E-state index contributed by atoms with van der Waals surface area (Å²) in [4.78, 5) is 42.4. The monoisotopic (exact) mass is 456 g/mol. The molecule has 3 rings (SSSR count). The summed E-state index contributed by atoms with van der Waals surface area (Å²) in [5, 5.41) is 5.53. The molecule has 2 aromatic rings. The second-order valence-electron chi connectivity index (χ2n) is 7.24. The average molecular weight is 457 g/mol. The van der Waals surface area contributed by atoms with Gasteiger partial charge < -0.3 is 19.5 Å². The van der Waals surface area contributed by atoms with Gasteiger partial charge in [-0.25, -0.2) is 14.6 Å². The second-order valence-corrected chi connectivity index (χ2v) is 8.09. The number of hydrogen-bond donors (Lipinski definition) is 1. The molecule has 2 heterocycles. The maximum absolute atomic E-state index is 13.1. The molecule has 0 radical (unpaired) electrons. The standard InChI is InChI=1S/C23H24N2O6S/c1-12-6-8-15(9-7-12)20-25-16(11-32-20)10-31-23(28)19-17(21(26)29-4)13(2)24-14(3)18(19)22(27)30-5/h6-9,11,19,24H,10H2,1-5H3. The van der Waals surface area contributed by atoms with Crippen LogP contribution in [0.2, 0.25) is 0 Å². The SMILES string of the molecule is COC(=O)C1=C(C)NC(C)=C(C(=O)OC)C1C(=O)OCc1csc(-c2ccc(C)cc2)n1. The number of carbonyl (C=O) groups excluding carboxylic acids is 3. The number of hydrogen-bond acceptors (Lipinski definition) is 9. The second kappa shape index (κ2) is 9.78. The molecular weight excluding hydrogens is 432 g/mol. The molecule has 1 aliphatic heterocycles. The van der Waals surface area contributed by atoms with Gasteiger partial charge in [-0.3, -0.25) is 4.79 Å². The number of aromatic nitrogens is 1. The third-order valence-corrected chi connectivity index (χ3v) is 5.96. The highest BCUT2D eigenvalue weighted by Gasteiger charge is 2.42. The molecule has 1 aliphatic rings. The molecule has 32 heavy (non-hydrogen) atoms. The minimum Gasteiger partial charge on any atom is -0.466 e. The molecule has 168 valence electrons. The minimum absolute atomic E-state index is 0.00197. The third kappa shape index (κ3) is 4.72. The number of ether oxygens (including phenoxy) is 3. The molecule has 0 amide bonds. The van der Waals surface area contributed by atoms with Crippen molar-refractivity contribution in [2.45, 2.75) is 27.4 Å². The van der Waals surface area contributed by atoms with Crippen LogP contribution in [0.15, 0.2) is 52.2 Å². The Morgan fingerprint density at radius 1 is 0.969 bits per heavy atom. The third-order valence-electron chi connectivity index (χ3n) is 5.02. The fraction of sp³-hybridized carbons (Fsp3) is 0.304. The van der Waals surface area contributed by atoms with Gasteiger partial charge in [0.05, 0.1) is 31.1 Å². The van der Waals surface area contributed by atoms with Gasteiger partial charge in [0, 0.05) is 22.3 Å². The van der Waals surface area contributed by atoms with E-state index in [1.165, 1.54) is 25.6 Å². The lowest BCUT2D eigenvalue weighted by atomic mass is 9.85. The molecule has 0 spiro atoms. The number of thiazole rings is 1. The van der Waals surface area contributed by atoms with E-state index in [0.29, 0.717) is 17.1 Å². The summed E-state index contributed by atoms with van der Waals surface area (Å²) in [5.41, 5.74) is 3.49.